The Labute approximate surface area is 179 Å². The van der Waals surface area contributed by atoms with Gasteiger partial charge in [-0.1, -0.05) is 23.7 Å². The molecule has 2 heterocycles. The van der Waals surface area contributed by atoms with Gasteiger partial charge in [-0.2, -0.15) is 0 Å². The maximum atomic E-state index is 13.3. The third kappa shape index (κ3) is 3.21. The molecule has 154 valence electrons. The number of nitrogens with one attached hydrogen (secondary N) is 1. The summed E-state index contributed by atoms with van der Waals surface area (Å²) < 4.78 is 13.2. The summed E-state index contributed by atoms with van der Waals surface area (Å²) in [5.74, 6) is 1.75. The van der Waals surface area contributed by atoms with Gasteiger partial charge in [0.15, 0.2) is 17.3 Å². The van der Waals surface area contributed by atoms with Gasteiger partial charge in [-0.15, -0.1) is 0 Å². The van der Waals surface area contributed by atoms with Gasteiger partial charge >= 0.3 is 0 Å². The van der Waals surface area contributed by atoms with Crippen molar-refractivity contribution in [3.63, 3.8) is 0 Å². The summed E-state index contributed by atoms with van der Waals surface area (Å²) in [5.41, 5.74) is 7.24. The van der Waals surface area contributed by atoms with Crippen molar-refractivity contribution in [2.45, 2.75) is 32.6 Å². The van der Waals surface area contributed by atoms with Gasteiger partial charge in [-0.25, -0.2) is 9.66 Å². The fourth-order valence-electron chi connectivity index (χ4n) is 4.15. The van der Waals surface area contributed by atoms with Gasteiger partial charge < -0.3 is 9.47 Å². The first-order chi connectivity index (χ1) is 14.6. The number of amides is 1. The topological polar surface area (TPSA) is 65.4 Å². The number of nitrogens with zero attached hydrogens (tertiary/aromatic N) is 2. The summed E-state index contributed by atoms with van der Waals surface area (Å²) in [6.45, 7) is 2.87. The molecule has 0 spiro atoms. The standard InChI is InChI=1S/C23H22ClN3O3/c1-14-15(10-11-20-21(14)30-13-12-29-20)23(28)26-27-19-9-5-4-8-18(19)25-22(27)16-6-2-3-7-17(16)24/h2-3,6-7,10-11H,4-5,8-9,12-13H2,1H3,(H,26,28). The van der Waals surface area contributed by atoms with Crippen LogP contribution in [0.5, 0.6) is 11.5 Å². The molecule has 0 saturated carbocycles. The van der Waals surface area contributed by atoms with Crippen LogP contribution in [0.2, 0.25) is 5.02 Å². The van der Waals surface area contributed by atoms with E-state index < -0.39 is 0 Å². The highest BCUT2D eigenvalue weighted by Gasteiger charge is 2.25. The lowest BCUT2D eigenvalue weighted by Gasteiger charge is -2.22. The number of halogens is 1. The Kier molecular flexibility index (Phi) is 4.87. The van der Waals surface area contributed by atoms with Gasteiger partial charge in [0.2, 0.25) is 0 Å². The van der Waals surface area contributed by atoms with E-state index in [4.69, 9.17) is 26.1 Å². The van der Waals surface area contributed by atoms with E-state index in [2.05, 4.69) is 5.43 Å². The lowest BCUT2D eigenvalue weighted by Crippen LogP contribution is -2.27. The molecule has 1 aromatic heterocycles. The monoisotopic (exact) mass is 423 g/mol. The van der Waals surface area contributed by atoms with E-state index >= 15 is 0 Å². The third-order valence-electron chi connectivity index (χ3n) is 5.66. The van der Waals surface area contributed by atoms with Crippen LogP contribution in [-0.2, 0) is 12.8 Å². The predicted molar refractivity (Wildman–Crippen MR) is 115 cm³/mol. The van der Waals surface area contributed by atoms with Crippen LogP contribution in [0, 0.1) is 6.92 Å². The number of hydrogen-bond donors (Lipinski definition) is 1. The smallest absolute Gasteiger partial charge is 0.270 e. The molecule has 0 unspecified atom stereocenters. The van der Waals surface area contributed by atoms with Crippen molar-refractivity contribution in [1.29, 1.82) is 0 Å². The zero-order valence-electron chi connectivity index (χ0n) is 16.7. The average molecular weight is 424 g/mol. The molecule has 7 heteroatoms. The fourth-order valence-corrected chi connectivity index (χ4v) is 4.37. The van der Waals surface area contributed by atoms with E-state index in [1.54, 1.807) is 12.1 Å². The summed E-state index contributed by atoms with van der Waals surface area (Å²) in [7, 11) is 0. The van der Waals surface area contributed by atoms with Crippen molar-refractivity contribution in [3.8, 4) is 22.9 Å². The SMILES string of the molecule is Cc1c(C(=O)Nn2c(-c3ccccc3Cl)nc3c2CCCC3)ccc2c1OCCO2. The van der Waals surface area contributed by atoms with Gasteiger partial charge in [0.05, 0.1) is 16.4 Å². The molecule has 2 aliphatic rings. The molecule has 0 fully saturated rings. The minimum Gasteiger partial charge on any atom is -0.486 e. The number of rotatable bonds is 3. The van der Waals surface area contributed by atoms with Crippen molar-refractivity contribution >= 4 is 17.5 Å². The molecule has 1 aliphatic heterocycles. The maximum Gasteiger partial charge on any atom is 0.270 e. The van der Waals surface area contributed by atoms with Gasteiger partial charge in [0.25, 0.3) is 5.91 Å². The molecule has 0 radical (unpaired) electrons. The minimum atomic E-state index is -0.219. The molecule has 3 aromatic rings. The van der Waals surface area contributed by atoms with E-state index in [0.29, 0.717) is 41.1 Å². The highest BCUT2D eigenvalue weighted by molar-refractivity contribution is 6.33. The number of ether oxygens (including phenoxy) is 2. The highest BCUT2D eigenvalue weighted by atomic mass is 35.5. The average Bonchev–Trinajstić information content (AvgIpc) is 3.12. The lowest BCUT2D eigenvalue weighted by molar-refractivity contribution is 0.100. The Bertz CT molecular complexity index is 1140. The summed E-state index contributed by atoms with van der Waals surface area (Å²) in [6.07, 6.45) is 3.94. The number of carbonyl (C=O) groups excluding carboxylic acids is 1. The molecule has 30 heavy (non-hydrogen) atoms. The Balaban J connectivity index is 1.56. The fraction of sp³-hybridized carbons (Fsp3) is 0.304. The molecular weight excluding hydrogens is 402 g/mol. The minimum absolute atomic E-state index is 0.219. The van der Waals surface area contributed by atoms with Crippen molar-refractivity contribution in [1.82, 2.24) is 9.66 Å². The first-order valence-corrected chi connectivity index (χ1v) is 10.6. The molecule has 2 aromatic carbocycles. The third-order valence-corrected chi connectivity index (χ3v) is 5.99. The lowest BCUT2D eigenvalue weighted by atomic mass is 10.0. The van der Waals surface area contributed by atoms with Crippen molar-refractivity contribution < 1.29 is 14.3 Å². The highest BCUT2D eigenvalue weighted by Crippen LogP contribution is 2.36. The van der Waals surface area contributed by atoms with E-state index in [0.717, 1.165) is 48.2 Å². The molecule has 1 N–H and O–H groups in total. The largest absolute Gasteiger partial charge is 0.486 e. The second kappa shape index (κ2) is 7.69. The molecule has 6 nitrogen and oxygen atoms in total. The first kappa shape index (κ1) is 19.0. The summed E-state index contributed by atoms with van der Waals surface area (Å²) >= 11 is 6.46. The van der Waals surface area contributed by atoms with Crippen molar-refractivity contribution in [2.24, 2.45) is 0 Å². The Hall–Kier alpha value is -2.99. The number of carbonyl (C=O) groups is 1. The molecule has 5 rings (SSSR count). The summed E-state index contributed by atoms with van der Waals surface area (Å²) in [4.78, 5) is 18.1. The van der Waals surface area contributed by atoms with Crippen LogP contribution in [0.25, 0.3) is 11.4 Å². The number of aryl methyl sites for hydroxylation is 1. The van der Waals surface area contributed by atoms with E-state index in [1.165, 1.54) is 0 Å². The zero-order valence-corrected chi connectivity index (χ0v) is 17.5. The molecule has 0 saturated heterocycles. The Morgan fingerprint density at radius 2 is 1.90 bits per heavy atom. The maximum absolute atomic E-state index is 13.3. The first-order valence-electron chi connectivity index (χ1n) is 10.2. The van der Waals surface area contributed by atoms with Crippen molar-refractivity contribution in [3.05, 3.63) is 63.9 Å². The Morgan fingerprint density at radius 1 is 1.10 bits per heavy atom. The molecule has 0 atom stereocenters. The van der Waals surface area contributed by atoms with Crippen LogP contribution in [0.1, 0.15) is 40.2 Å². The summed E-state index contributed by atoms with van der Waals surface area (Å²) in [5, 5.41) is 0.603. The molecular formula is C23H22ClN3O3. The van der Waals surface area contributed by atoms with Gasteiger partial charge in [-0.3, -0.25) is 10.2 Å². The second-order valence-electron chi connectivity index (χ2n) is 7.55. The second-order valence-corrected chi connectivity index (χ2v) is 7.96. The van der Waals surface area contributed by atoms with Gasteiger partial charge in [0.1, 0.15) is 13.2 Å². The summed E-state index contributed by atoms with van der Waals surface area (Å²) in [6, 6.07) is 11.1. The van der Waals surface area contributed by atoms with E-state index in [1.807, 2.05) is 35.9 Å². The van der Waals surface area contributed by atoms with E-state index in [9.17, 15) is 4.79 Å². The number of imidazole rings is 1. The van der Waals surface area contributed by atoms with Crippen LogP contribution in [0.3, 0.4) is 0 Å². The number of aromatic nitrogens is 2. The zero-order chi connectivity index (χ0) is 20.7. The van der Waals surface area contributed by atoms with Crippen LogP contribution >= 0.6 is 11.6 Å². The van der Waals surface area contributed by atoms with Crippen molar-refractivity contribution in [2.75, 3.05) is 18.6 Å². The van der Waals surface area contributed by atoms with Crippen LogP contribution in [-0.4, -0.2) is 28.8 Å². The molecule has 1 amide bonds. The number of fused-ring (bicyclic) bond motifs is 2. The van der Waals surface area contributed by atoms with Gasteiger partial charge in [0, 0.05) is 16.7 Å². The van der Waals surface area contributed by atoms with Crippen LogP contribution in [0.4, 0.5) is 0 Å². The van der Waals surface area contributed by atoms with E-state index in [-0.39, 0.29) is 5.91 Å². The van der Waals surface area contributed by atoms with Crippen LogP contribution < -0.4 is 14.9 Å². The normalized spacial score (nSPS) is 14.9. The number of benzene rings is 2. The predicted octanol–water partition coefficient (Wildman–Crippen LogP) is 4.55. The quantitative estimate of drug-likeness (QED) is 0.671. The van der Waals surface area contributed by atoms with Gasteiger partial charge in [-0.05, 0) is 56.9 Å². The number of hydrogen-bond acceptors (Lipinski definition) is 4. The van der Waals surface area contributed by atoms with Crippen LogP contribution in [0.15, 0.2) is 36.4 Å². The molecule has 0 bridgehead atoms. The Morgan fingerprint density at radius 3 is 2.77 bits per heavy atom. The molecule has 1 aliphatic carbocycles.